The van der Waals surface area contributed by atoms with Gasteiger partial charge in [0.25, 0.3) is 0 Å². The van der Waals surface area contributed by atoms with Crippen LogP contribution in [0.4, 0.5) is 4.39 Å². The quantitative estimate of drug-likeness (QED) is 0.876. The maximum Gasteiger partial charge on any atom is 0.246 e. The van der Waals surface area contributed by atoms with Crippen LogP contribution in [0.3, 0.4) is 0 Å². The van der Waals surface area contributed by atoms with Gasteiger partial charge >= 0.3 is 0 Å². The standard InChI is InChI=1S/C14H22FN3O2S/c1-3-16-11-12-4-5-14(13(15)10-12)21(19,20)18-8-6-17(2)7-9-18/h4-5,10,16H,3,6-9,11H2,1-2H3. The van der Waals surface area contributed by atoms with Crippen molar-refractivity contribution in [3.05, 3.63) is 29.6 Å². The van der Waals surface area contributed by atoms with Gasteiger partial charge < -0.3 is 10.2 Å². The summed E-state index contributed by atoms with van der Waals surface area (Å²) >= 11 is 0. The molecule has 0 aromatic heterocycles. The lowest BCUT2D eigenvalue weighted by molar-refractivity contribution is 0.222. The molecule has 1 heterocycles. The molecular weight excluding hydrogens is 293 g/mol. The van der Waals surface area contributed by atoms with E-state index in [0.29, 0.717) is 32.7 Å². The van der Waals surface area contributed by atoms with Crippen LogP contribution < -0.4 is 5.32 Å². The number of likely N-dealkylation sites (N-methyl/N-ethyl adjacent to an activating group) is 1. The maximum absolute atomic E-state index is 14.2. The second-order valence-electron chi connectivity index (χ2n) is 5.25. The molecule has 118 valence electrons. The van der Waals surface area contributed by atoms with Crippen LogP contribution in [0.15, 0.2) is 23.1 Å². The molecule has 21 heavy (non-hydrogen) atoms. The first kappa shape index (κ1) is 16.4. The van der Waals surface area contributed by atoms with Crippen molar-refractivity contribution in [2.45, 2.75) is 18.4 Å². The summed E-state index contributed by atoms with van der Waals surface area (Å²) in [6.45, 7) is 5.40. The number of halogens is 1. The predicted molar refractivity (Wildman–Crippen MR) is 80.0 cm³/mol. The van der Waals surface area contributed by atoms with Gasteiger partial charge in [-0.1, -0.05) is 13.0 Å². The number of piperazine rings is 1. The highest BCUT2D eigenvalue weighted by Crippen LogP contribution is 2.21. The average molecular weight is 315 g/mol. The molecule has 5 nitrogen and oxygen atoms in total. The van der Waals surface area contributed by atoms with E-state index >= 15 is 0 Å². The van der Waals surface area contributed by atoms with Crippen molar-refractivity contribution in [2.75, 3.05) is 39.8 Å². The molecule has 0 bridgehead atoms. The van der Waals surface area contributed by atoms with E-state index in [-0.39, 0.29) is 4.90 Å². The SMILES string of the molecule is CCNCc1ccc(S(=O)(=O)N2CCN(C)CC2)c(F)c1. The molecule has 1 aliphatic rings. The van der Waals surface area contributed by atoms with Crippen molar-refractivity contribution >= 4 is 10.0 Å². The molecule has 0 amide bonds. The van der Waals surface area contributed by atoms with Gasteiger partial charge in [0.2, 0.25) is 10.0 Å². The lowest BCUT2D eigenvalue weighted by Crippen LogP contribution is -2.47. The molecule has 1 N–H and O–H groups in total. The van der Waals surface area contributed by atoms with Crippen molar-refractivity contribution in [1.82, 2.24) is 14.5 Å². The Morgan fingerprint density at radius 1 is 1.24 bits per heavy atom. The molecular formula is C14H22FN3O2S. The number of hydrogen-bond acceptors (Lipinski definition) is 4. The number of nitrogens with zero attached hydrogens (tertiary/aromatic N) is 2. The van der Waals surface area contributed by atoms with Gasteiger partial charge in [0.15, 0.2) is 0 Å². The Hall–Kier alpha value is -1.02. The predicted octanol–water partition coefficient (Wildman–Crippen LogP) is 0.871. The highest BCUT2D eigenvalue weighted by Gasteiger charge is 2.29. The van der Waals surface area contributed by atoms with Gasteiger partial charge in [0, 0.05) is 32.7 Å². The van der Waals surface area contributed by atoms with Crippen LogP contribution in [-0.4, -0.2) is 57.4 Å². The van der Waals surface area contributed by atoms with Gasteiger partial charge in [-0.3, -0.25) is 0 Å². The third-order valence-corrected chi connectivity index (χ3v) is 5.59. The van der Waals surface area contributed by atoms with Crippen molar-refractivity contribution < 1.29 is 12.8 Å². The molecule has 1 aromatic rings. The molecule has 0 saturated carbocycles. The third-order valence-electron chi connectivity index (χ3n) is 3.66. The highest BCUT2D eigenvalue weighted by atomic mass is 32.2. The van der Waals surface area contributed by atoms with Crippen LogP contribution in [-0.2, 0) is 16.6 Å². The number of benzene rings is 1. The second kappa shape index (κ2) is 6.83. The first-order valence-electron chi connectivity index (χ1n) is 7.13. The Morgan fingerprint density at radius 2 is 1.90 bits per heavy atom. The summed E-state index contributed by atoms with van der Waals surface area (Å²) in [5.74, 6) is -0.677. The van der Waals surface area contributed by atoms with E-state index in [1.165, 1.54) is 16.4 Å². The summed E-state index contributed by atoms with van der Waals surface area (Å²) in [6, 6.07) is 4.33. The van der Waals surface area contributed by atoms with Gasteiger partial charge in [0.05, 0.1) is 0 Å². The van der Waals surface area contributed by atoms with E-state index in [9.17, 15) is 12.8 Å². The van der Waals surface area contributed by atoms with E-state index in [1.54, 1.807) is 6.07 Å². The summed E-state index contributed by atoms with van der Waals surface area (Å²) in [5, 5.41) is 3.09. The highest BCUT2D eigenvalue weighted by molar-refractivity contribution is 7.89. The van der Waals surface area contributed by atoms with Crippen LogP contribution in [0, 0.1) is 5.82 Å². The van der Waals surface area contributed by atoms with E-state index in [0.717, 1.165) is 12.1 Å². The van der Waals surface area contributed by atoms with E-state index < -0.39 is 15.8 Å². The number of sulfonamides is 1. The lowest BCUT2D eigenvalue weighted by atomic mass is 10.2. The van der Waals surface area contributed by atoms with Crippen molar-refractivity contribution in [3.8, 4) is 0 Å². The summed E-state index contributed by atoms with van der Waals surface area (Å²) in [6.07, 6.45) is 0. The Bertz CT molecular complexity index is 584. The maximum atomic E-state index is 14.2. The molecule has 0 unspecified atom stereocenters. The van der Waals surface area contributed by atoms with E-state index in [4.69, 9.17) is 0 Å². The van der Waals surface area contributed by atoms with E-state index in [2.05, 4.69) is 10.2 Å². The monoisotopic (exact) mass is 315 g/mol. The summed E-state index contributed by atoms with van der Waals surface area (Å²) < 4.78 is 40.5. The molecule has 7 heteroatoms. The van der Waals surface area contributed by atoms with Gasteiger partial charge in [-0.2, -0.15) is 4.31 Å². The first-order valence-corrected chi connectivity index (χ1v) is 8.57. The van der Waals surface area contributed by atoms with Crippen LogP contribution in [0.5, 0.6) is 0 Å². The zero-order chi connectivity index (χ0) is 15.5. The minimum absolute atomic E-state index is 0.229. The second-order valence-corrected chi connectivity index (χ2v) is 7.16. The van der Waals surface area contributed by atoms with Gasteiger partial charge in [-0.15, -0.1) is 0 Å². The fourth-order valence-corrected chi connectivity index (χ4v) is 3.77. The Balaban J connectivity index is 2.20. The first-order chi connectivity index (χ1) is 9.95. The fourth-order valence-electron chi connectivity index (χ4n) is 2.30. The average Bonchev–Trinajstić information content (AvgIpc) is 2.45. The van der Waals surface area contributed by atoms with Crippen molar-refractivity contribution in [3.63, 3.8) is 0 Å². The Kier molecular flexibility index (Phi) is 5.32. The minimum atomic E-state index is -3.74. The summed E-state index contributed by atoms with van der Waals surface area (Å²) in [7, 11) is -1.80. The molecule has 0 aliphatic carbocycles. The Labute approximate surface area is 125 Å². The van der Waals surface area contributed by atoms with Crippen molar-refractivity contribution in [1.29, 1.82) is 0 Å². The molecule has 1 aromatic carbocycles. The summed E-state index contributed by atoms with van der Waals surface area (Å²) in [4.78, 5) is 1.83. The topological polar surface area (TPSA) is 52.7 Å². The molecule has 0 spiro atoms. The molecule has 0 radical (unpaired) electrons. The molecule has 1 aliphatic heterocycles. The summed E-state index contributed by atoms with van der Waals surface area (Å²) in [5.41, 5.74) is 0.742. The van der Waals surface area contributed by atoms with Crippen LogP contribution in [0.1, 0.15) is 12.5 Å². The van der Waals surface area contributed by atoms with Gasteiger partial charge in [0.1, 0.15) is 10.7 Å². The van der Waals surface area contributed by atoms with Crippen LogP contribution in [0.25, 0.3) is 0 Å². The third kappa shape index (κ3) is 3.79. The van der Waals surface area contributed by atoms with Gasteiger partial charge in [-0.25, -0.2) is 12.8 Å². The van der Waals surface area contributed by atoms with Crippen LogP contribution >= 0.6 is 0 Å². The zero-order valence-electron chi connectivity index (χ0n) is 12.5. The zero-order valence-corrected chi connectivity index (χ0v) is 13.3. The number of hydrogen-bond donors (Lipinski definition) is 1. The normalized spacial score (nSPS) is 18.0. The largest absolute Gasteiger partial charge is 0.313 e. The molecule has 1 fully saturated rings. The number of nitrogens with one attached hydrogen (secondary N) is 1. The Morgan fingerprint density at radius 3 is 2.48 bits per heavy atom. The molecule has 0 atom stereocenters. The van der Waals surface area contributed by atoms with Crippen molar-refractivity contribution in [2.24, 2.45) is 0 Å². The fraction of sp³-hybridized carbons (Fsp3) is 0.571. The smallest absolute Gasteiger partial charge is 0.246 e. The van der Waals surface area contributed by atoms with Crippen LogP contribution in [0.2, 0.25) is 0 Å². The molecule has 2 rings (SSSR count). The van der Waals surface area contributed by atoms with E-state index in [1.807, 2.05) is 14.0 Å². The number of rotatable bonds is 5. The lowest BCUT2D eigenvalue weighted by Gasteiger charge is -2.31. The minimum Gasteiger partial charge on any atom is -0.313 e. The molecule has 1 saturated heterocycles. The van der Waals surface area contributed by atoms with Gasteiger partial charge in [-0.05, 0) is 31.3 Å².